The molecular weight excluding hydrogens is 352 g/mol. The molecule has 0 N–H and O–H groups in total. The molecule has 0 spiro atoms. The Labute approximate surface area is 165 Å². The topological polar surface area (TPSA) is 60.2 Å². The van der Waals surface area contributed by atoms with E-state index in [2.05, 4.69) is 25.0 Å². The van der Waals surface area contributed by atoms with Gasteiger partial charge >= 0.3 is 0 Å². The van der Waals surface area contributed by atoms with Crippen LogP contribution in [-0.4, -0.2) is 39.2 Å². The molecule has 1 saturated heterocycles. The molecule has 1 fully saturated rings. The van der Waals surface area contributed by atoms with Gasteiger partial charge < -0.3 is 9.64 Å². The van der Waals surface area contributed by atoms with Crippen molar-refractivity contribution in [2.75, 3.05) is 13.7 Å². The van der Waals surface area contributed by atoms with Crippen LogP contribution in [0.5, 0.6) is 5.75 Å². The van der Waals surface area contributed by atoms with Gasteiger partial charge in [0.2, 0.25) is 0 Å². The highest BCUT2D eigenvalue weighted by Gasteiger charge is 2.32. The molecule has 146 valence electrons. The number of pyridine rings is 1. The minimum absolute atomic E-state index is 0.0366. The molecule has 6 nitrogen and oxygen atoms in total. The van der Waals surface area contributed by atoms with Gasteiger partial charge in [-0.1, -0.05) is 12.1 Å². The highest BCUT2D eigenvalue weighted by atomic mass is 16.5. The zero-order chi connectivity index (χ0) is 19.8. The Kier molecular flexibility index (Phi) is 4.79. The smallest absolute Gasteiger partial charge is 0.256 e. The van der Waals surface area contributed by atoms with Crippen molar-refractivity contribution < 1.29 is 9.53 Å². The summed E-state index contributed by atoms with van der Waals surface area (Å²) in [5.74, 6) is 0.853. The molecule has 3 heterocycles. The number of aryl methyl sites for hydroxylation is 1. The van der Waals surface area contributed by atoms with Gasteiger partial charge in [0.15, 0.2) is 5.65 Å². The van der Waals surface area contributed by atoms with Crippen LogP contribution < -0.4 is 4.74 Å². The second-order valence-electron chi connectivity index (χ2n) is 7.65. The Balaban J connectivity index is 1.69. The summed E-state index contributed by atoms with van der Waals surface area (Å²) in [6.45, 7) is 6.81. The lowest BCUT2D eigenvalue weighted by atomic mass is 10.0. The van der Waals surface area contributed by atoms with E-state index >= 15 is 0 Å². The fourth-order valence-corrected chi connectivity index (χ4v) is 4.02. The Morgan fingerprint density at radius 2 is 2.11 bits per heavy atom. The van der Waals surface area contributed by atoms with Gasteiger partial charge in [-0.25, -0.2) is 9.67 Å². The number of rotatable bonds is 4. The lowest BCUT2D eigenvalue weighted by molar-refractivity contribution is 0.0734. The van der Waals surface area contributed by atoms with E-state index in [9.17, 15) is 4.79 Å². The van der Waals surface area contributed by atoms with Gasteiger partial charge in [-0.15, -0.1) is 0 Å². The van der Waals surface area contributed by atoms with Crippen molar-refractivity contribution in [2.24, 2.45) is 0 Å². The van der Waals surface area contributed by atoms with E-state index in [1.165, 1.54) is 0 Å². The molecule has 28 heavy (non-hydrogen) atoms. The first-order chi connectivity index (χ1) is 13.5. The average Bonchev–Trinajstić information content (AvgIpc) is 3.33. The minimum Gasteiger partial charge on any atom is -0.497 e. The standard InChI is InChI=1S/C22H26N4O2/c1-14(2)26-21-17(13-23-26)12-19(15(3)24-21)22(27)25-10-6-9-20(25)16-7-5-8-18(11-16)28-4/h5,7-8,11-14,20H,6,9-10H2,1-4H3. The highest BCUT2D eigenvalue weighted by Crippen LogP contribution is 2.35. The van der Waals surface area contributed by atoms with E-state index in [0.29, 0.717) is 5.56 Å². The second-order valence-corrected chi connectivity index (χ2v) is 7.65. The predicted octanol–water partition coefficient (Wildman–Crippen LogP) is 4.31. The number of amides is 1. The van der Waals surface area contributed by atoms with E-state index in [-0.39, 0.29) is 18.0 Å². The van der Waals surface area contributed by atoms with E-state index in [1.54, 1.807) is 13.3 Å². The maximum Gasteiger partial charge on any atom is 0.256 e. The summed E-state index contributed by atoms with van der Waals surface area (Å²) in [6.07, 6.45) is 3.74. The molecule has 0 bridgehead atoms. The summed E-state index contributed by atoms with van der Waals surface area (Å²) in [6, 6.07) is 10.2. The molecule has 1 aliphatic heterocycles. The molecule has 3 aromatic rings. The average molecular weight is 378 g/mol. The molecular formula is C22H26N4O2. The lowest BCUT2D eigenvalue weighted by Crippen LogP contribution is -2.31. The van der Waals surface area contributed by atoms with Gasteiger partial charge in [0.1, 0.15) is 5.75 Å². The molecule has 1 aromatic carbocycles. The van der Waals surface area contributed by atoms with Crippen molar-refractivity contribution in [3.05, 3.63) is 53.3 Å². The SMILES string of the molecule is COc1cccc(C2CCCN2C(=O)c2cc3cnn(C(C)C)c3nc2C)c1. The van der Waals surface area contributed by atoms with Crippen molar-refractivity contribution in [2.45, 2.75) is 45.7 Å². The third-order valence-electron chi connectivity index (χ3n) is 5.47. The number of carbonyl (C=O) groups excluding carboxylic acids is 1. The monoisotopic (exact) mass is 378 g/mol. The molecule has 1 amide bonds. The summed E-state index contributed by atoms with van der Waals surface area (Å²) < 4.78 is 7.26. The fraction of sp³-hybridized carbons (Fsp3) is 0.409. The van der Waals surface area contributed by atoms with Crippen LogP contribution in [0.1, 0.15) is 60.4 Å². The van der Waals surface area contributed by atoms with Crippen LogP contribution in [0.2, 0.25) is 0 Å². The molecule has 0 radical (unpaired) electrons. The van der Waals surface area contributed by atoms with Gasteiger partial charge in [-0.3, -0.25) is 4.79 Å². The molecule has 1 aliphatic rings. The minimum atomic E-state index is 0.0366. The van der Waals surface area contributed by atoms with Crippen molar-refractivity contribution in [1.29, 1.82) is 0 Å². The zero-order valence-corrected chi connectivity index (χ0v) is 16.8. The van der Waals surface area contributed by atoms with Crippen LogP contribution in [0.3, 0.4) is 0 Å². The number of nitrogens with zero attached hydrogens (tertiary/aromatic N) is 4. The van der Waals surface area contributed by atoms with Crippen LogP contribution in [0.25, 0.3) is 11.0 Å². The molecule has 1 unspecified atom stereocenters. The van der Waals surface area contributed by atoms with Crippen LogP contribution in [0.15, 0.2) is 36.5 Å². The quantitative estimate of drug-likeness (QED) is 0.679. The zero-order valence-electron chi connectivity index (χ0n) is 16.8. The van der Waals surface area contributed by atoms with E-state index < -0.39 is 0 Å². The predicted molar refractivity (Wildman–Crippen MR) is 109 cm³/mol. The Morgan fingerprint density at radius 1 is 1.29 bits per heavy atom. The lowest BCUT2D eigenvalue weighted by Gasteiger charge is -2.26. The number of hydrogen-bond acceptors (Lipinski definition) is 4. The first-order valence-corrected chi connectivity index (χ1v) is 9.79. The first-order valence-electron chi connectivity index (χ1n) is 9.79. The van der Waals surface area contributed by atoms with Crippen LogP contribution in [0.4, 0.5) is 0 Å². The van der Waals surface area contributed by atoms with Crippen LogP contribution >= 0.6 is 0 Å². The number of aromatic nitrogens is 3. The van der Waals surface area contributed by atoms with Gasteiger partial charge in [0.25, 0.3) is 5.91 Å². The maximum absolute atomic E-state index is 13.4. The number of benzene rings is 1. The summed E-state index contributed by atoms with van der Waals surface area (Å²) in [5.41, 5.74) is 3.35. The molecule has 1 atom stereocenters. The maximum atomic E-state index is 13.4. The number of ether oxygens (including phenoxy) is 1. The van der Waals surface area contributed by atoms with E-state index in [0.717, 1.165) is 47.4 Å². The molecule has 0 saturated carbocycles. The summed E-state index contributed by atoms with van der Waals surface area (Å²) >= 11 is 0. The van der Waals surface area contributed by atoms with Crippen molar-refractivity contribution >= 4 is 16.9 Å². The highest BCUT2D eigenvalue weighted by molar-refractivity contribution is 5.98. The molecule has 2 aromatic heterocycles. The van der Waals surface area contributed by atoms with Gasteiger partial charge in [-0.2, -0.15) is 5.10 Å². The normalized spacial score (nSPS) is 16.9. The van der Waals surface area contributed by atoms with Gasteiger partial charge in [0, 0.05) is 18.0 Å². The third-order valence-corrected chi connectivity index (χ3v) is 5.47. The number of fused-ring (bicyclic) bond motifs is 1. The van der Waals surface area contributed by atoms with Crippen molar-refractivity contribution in [3.63, 3.8) is 0 Å². The molecule has 0 aliphatic carbocycles. The Morgan fingerprint density at radius 3 is 2.86 bits per heavy atom. The van der Waals surface area contributed by atoms with Crippen LogP contribution in [0, 0.1) is 6.92 Å². The van der Waals surface area contributed by atoms with E-state index in [1.807, 2.05) is 40.8 Å². The first kappa shape index (κ1) is 18.5. The largest absolute Gasteiger partial charge is 0.497 e. The van der Waals surface area contributed by atoms with Crippen molar-refractivity contribution in [3.8, 4) is 5.75 Å². The van der Waals surface area contributed by atoms with Crippen molar-refractivity contribution in [1.82, 2.24) is 19.7 Å². The second kappa shape index (κ2) is 7.26. The summed E-state index contributed by atoms with van der Waals surface area (Å²) in [5, 5.41) is 5.33. The number of methoxy groups -OCH3 is 1. The van der Waals surface area contributed by atoms with E-state index in [4.69, 9.17) is 9.72 Å². The number of likely N-dealkylation sites (tertiary alicyclic amines) is 1. The number of hydrogen-bond donors (Lipinski definition) is 0. The van der Waals surface area contributed by atoms with Crippen LogP contribution in [-0.2, 0) is 0 Å². The third kappa shape index (κ3) is 3.13. The van der Waals surface area contributed by atoms with Gasteiger partial charge in [0.05, 0.1) is 30.6 Å². The fourth-order valence-electron chi connectivity index (χ4n) is 4.02. The van der Waals surface area contributed by atoms with Gasteiger partial charge in [-0.05, 0) is 57.4 Å². The molecule has 6 heteroatoms. The Bertz CT molecular complexity index is 1020. The summed E-state index contributed by atoms with van der Waals surface area (Å²) in [4.78, 5) is 20.1. The molecule has 4 rings (SSSR count). The summed E-state index contributed by atoms with van der Waals surface area (Å²) in [7, 11) is 1.66. The Hall–Kier alpha value is -2.89. The number of carbonyl (C=O) groups is 1.